The van der Waals surface area contributed by atoms with E-state index in [0.29, 0.717) is 31.6 Å². The van der Waals surface area contributed by atoms with E-state index >= 15 is 0 Å². The second kappa shape index (κ2) is 26.7. The summed E-state index contributed by atoms with van der Waals surface area (Å²) in [5, 5.41) is 27.2. The molecule has 2 aliphatic carbocycles. The van der Waals surface area contributed by atoms with Gasteiger partial charge in [-0.15, -0.1) is 0 Å². The van der Waals surface area contributed by atoms with Gasteiger partial charge in [0, 0.05) is 46.3 Å². The van der Waals surface area contributed by atoms with E-state index in [1.54, 1.807) is 36.4 Å². The van der Waals surface area contributed by atoms with Crippen LogP contribution in [0.2, 0.25) is 20.1 Å². The van der Waals surface area contributed by atoms with Gasteiger partial charge in [-0.05, 0) is 121 Å². The van der Waals surface area contributed by atoms with E-state index in [1.807, 2.05) is 12.1 Å². The third-order valence-electron chi connectivity index (χ3n) is 11.0. The molecule has 6 N–H and O–H groups in total. The second-order valence-electron chi connectivity index (χ2n) is 15.9. The molecule has 0 radical (unpaired) electrons. The molecule has 0 aliphatic heterocycles. The summed E-state index contributed by atoms with van der Waals surface area (Å²) in [7, 11) is -7.62. The molecule has 24 heteroatoms. The minimum Gasteiger partial charge on any atom is -0.486 e. The third kappa shape index (κ3) is 16.1. The van der Waals surface area contributed by atoms with Crippen molar-refractivity contribution < 1.29 is 65.1 Å². The summed E-state index contributed by atoms with van der Waals surface area (Å²) in [4.78, 5) is 24.6. The van der Waals surface area contributed by atoms with Crippen LogP contribution in [0.15, 0.2) is 82.6 Å². The molecule has 4 aromatic rings. The number of amides is 2. The Hall–Kier alpha value is -3.84. The lowest BCUT2D eigenvalue weighted by Crippen LogP contribution is -2.50. The number of hydrogen-bond donors (Lipinski definition) is 6. The van der Waals surface area contributed by atoms with Crippen molar-refractivity contribution in [3.8, 4) is 11.5 Å². The number of benzene rings is 4. The van der Waals surface area contributed by atoms with Gasteiger partial charge in [-0.1, -0.05) is 46.4 Å². The Labute approximate surface area is 426 Å². The van der Waals surface area contributed by atoms with E-state index in [1.165, 1.54) is 24.3 Å². The Kier molecular flexibility index (Phi) is 21.2. The lowest BCUT2D eigenvalue weighted by molar-refractivity contribution is -0.146. The average Bonchev–Trinajstić information content (AvgIpc) is 3.93. The maximum absolute atomic E-state index is 12.8. The van der Waals surface area contributed by atoms with E-state index in [0.717, 1.165) is 47.9 Å². The molecule has 4 atom stereocenters. The second-order valence-corrected chi connectivity index (χ2v) is 21.1. The van der Waals surface area contributed by atoms with Crippen molar-refractivity contribution in [1.82, 2.24) is 20.1 Å². The zero-order valence-electron chi connectivity index (χ0n) is 37.7. The Morgan fingerprint density at radius 3 is 1.23 bits per heavy atom. The van der Waals surface area contributed by atoms with Crippen LogP contribution in [0.3, 0.4) is 0 Å². The third-order valence-corrected chi connectivity index (χ3v) is 15.0. The largest absolute Gasteiger partial charge is 0.486 e. The van der Waals surface area contributed by atoms with Crippen LogP contribution in [0.5, 0.6) is 11.5 Å². The molecule has 4 aromatic carbocycles. The smallest absolute Gasteiger partial charge is 0.252 e. The molecule has 70 heavy (non-hydrogen) atoms. The summed E-state index contributed by atoms with van der Waals surface area (Å²) < 4.78 is 89.7. The highest BCUT2D eigenvalue weighted by molar-refractivity contribution is 7.89. The summed E-state index contributed by atoms with van der Waals surface area (Å²) in [6.45, 7) is 0.606. The fraction of sp³-hybridized carbons (Fsp3) is 0.435. The first-order chi connectivity index (χ1) is 33.5. The highest BCUT2D eigenvalue weighted by Crippen LogP contribution is 2.42. The number of nitrogens with one attached hydrogen (secondary N) is 4. The van der Waals surface area contributed by atoms with Gasteiger partial charge in [0.05, 0.1) is 62.6 Å². The van der Waals surface area contributed by atoms with Crippen LogP contribution < -0.4 is 29.6 Å². The molecule has 6 rings (SSSR count). The predicted molar refractivity (Wildman–Crippen MR) is 261 cm³/mol. The van der Waals surface area contributed by atoms with E-state index in [-0.39, 0.29) is 101 Å². The number of aliphatic hydroxyl groups excluding tert-OH is 2. The van der Waals surface area contributed by atoms with Gasteiger partial charge in [0.25, 0.3) is 11.8 Å². The first kappa shape index (κ1) is 55.5. The summed E-state index contributed by atoms with van der Waals surface area (Å²) in [6, 6.07) is 19.2. The number of fused-ring (bicyclic) bond motifs is 2. The number of carbonyl (C=O) groups excluding carboxylic acids is 2. The average molecular weight is 1090 g/mol. The van der Waals surface area contributed by atoms with Gasteiger partial charge in [0.15, 0.2) is 12.2 Å². The molecule has 0 saturated carbocycles. The molecule has 18 nitrogen and oxygen atoms in total. The van der Waals surface area contributed by atoms with Gasteiger partial charge in [-0.2, -0.15) is 0 Å². The lowest BCUT2D eigenvalue weighted by atomic mass is 10.1. The monoisotopic (exact) mass is 1090 g/mol. The van der Waals surface area contributed by atoms with E-state index < -0.39 is 44.1 Å². The molecule has 4 unspecified atom stereocenters. The Morgan fingerprint density at radius 2 is 0.871 bits per heavy atom. The summed E-state index contributed by atoms with van der Waals surface area (Å²) in [5.41, 5.74) is 3.84. The van der Waals surface area contributed by atoms with Crippen molar-refractivity contribution in [2.75, 3.05) is 79.0 Å². The fourth-order valence-electron chi connectivity index (χ4n) is 7.47. The molecular weight excluding hydrogens is 1040 g/mol. The molecule has 0 spiro atoms. The lowest BCUT2D eigenvalue weighted by Gasteiger charge is -2.17. The highest BCUT2D eigenvalue weighted by Gasteiger charge is 2.31. The van der Waals surface area contributed by atoms with Gasteiger partial charge in [-0.3, -0.25) is 9.59 Å². The molecule has 0 heterocycles. The van der Waals surface area contributed by atoms with Crippen LogP contribution in [-0.2, 0) is 61.4 Å². The van der Waals surface area contributed by atoms with E-state index in [9.17, 15) is 36.6 Å². The molecule has 0 saturated heterocycles. The minimum atomic E-state index is -3.81. The maximum Gasteiger partial charge on any atom is 0.252 e. The number of rotatable bonds is 29. The standard InChI is InChI=1S/C46H54Cl4N4O14S2/c47-29-25-37-35(39(49)27-29)9-11-41(37)67-31-1-5-33(6-2-31)69(59,60)53-15-19-65-23-21-63-17-13-51-45(57)43(55)44(56)46(58)52-14-18-64-22-24-66-20-16-54-70(61,62)34-7-3-32(4-8-34)68-42-12-10-36-38(42)26-30(48)28-40(36)50/h1-8,25-28,41-44,53-56H,9-24H2,(H,51,57)(H,52,58). The Bertz CT molecular complexity index is 2440. The molecular formula is C46H54Cl4N4O14S2. The minimum absolute atomic E-state index is 0.00444. The Balaban J connectivity index is 0.729. The van der Waals surface area contributed by atoms with Crippen molar-refractivity contribution in [3.63, 3.8) is 0 Å². The van der Waals surface area contributed by atoms with Gasteiger partial charge in [0.1, 0.15) is 23.7 Å². The molecule has 0 aromatic heterocycles. The van der Waals surface area contributed by atoms with Gasteiger partial charge in [-0.25, -0.2) is 26.3 Å². The van der Waals surface area contributed by atoms with Crippen LogP contribution in [0.1, 0.15) is 47.3 Å². The SMILES string of the molecule is O=C(NCCOCCOCCNS(=O)(=O)c1ccc(OC2CCc3c(Cl)cc(Cl)cc32)cc1)C(O)C(O)C(=O)NCCOCCOCCNS(=O)(=O)c1ccc(OC2CCc3c(Cl)cc(Cl)cc32)cc1. The van der Waals surface area contributed by atoms with Crippen LogP contribution in [0.4, 0.5) is 0 Å². The van der Waals surface area contributed by atoms with Crippen molar-refractivity contribution in [2.45, 2.75) is 59.9 Å². The summed E-state index contributed by atoms with van der Waals surface area (Å²) >= 11 is 25.0. The first-order valence-corrected chi connectivity index (χ1v) is 26.7. The van der Waals surface area contributed by atoms with Crippen molar-refractivity contribution in [3.05, 3.63) is 115 Å². The highest BCUT2D eigenvalue weighted by atomic mass is 35.5. The van der Waals surface area contributed by atoms with Crippen molar-refractivity contribution in [1.29, 1.82) is 0 Å². The molecule has 0 fully saturated rings. The fourth-order valence-corrected chi connectivity index (χ4v) is 10.7. The van der Waals surface area contributed by atoms with Crippen LogP contribution in [0, 0.1) is 0 Å². The van der Waals surface area contributed by atoms with Gasteiger partial charge >= 0.3 is 0 Å². The van der Waals surface area contributed by atoms with E-state index in [4.69, 9.17) is 74.8 Å². The number of halogens is 4. The van der Waals surface area contributed by atoms with Crippen LogP contribution >= 0.6 is 46.4 Å². The summed E-state index contributed by atoms with van der Waals surface area (Å²) in [5.74, 6) is -0.971. The quantitative estimate of drug-likeness (QED) is 0.0404. The van der Waals surface area contributed by atoms with Crippen molar-refractivity contribution in [2.24, 2.45) is 0 Å². The number of ether oxygens (including phenoxy) is 6. The number of sulfonamides is 2. The normalized spacial score (nSPS) is 16.3. The topological polar surface area (TPSA) is 246 Å². The van der Waals surface area contributed by atoms with Crippen LogP contribution in [0.25, 0.3) is 0 Å². The molecule has 0 bridgehead atoms. The van der Waals surface area contributed by atoms with Gasteiger partial charge in [0.2, 0.25) is 20.0 Å². The van der Waals surface area contributed by atoms with Crippen molar-refractivity contribution >= 4 is 78.3 Å². The predicted octanol–water partition coefficient (Wildman–Crippen LogP) is 4.71. The van der Waals surface area contributed by atoms with Gasteiger partial charge < -0.3 is 49.3 Å². The number of carbonyl (C=O) groups is 2. The van der Waals surface area contributed by atoms with Crippen LogP contribution in [-0.4, -0.2) is 130 Å². The number of hydrogen-bond acceptors (Lipinski definition) is 14. The molecule has 2 aliphatic rings. The maximum atomic E-state index is 12.8. The Morgan fingerprint density at radius 1 is 0.529 bits per heavy atom. The zero-order chi connectivity index (χ0) is 50.3. The van der Waals surface area contributed by atoms with E-state index in [2.05, 4.69) is 20.1 Å². The molecule has 2 amide bonds. The molecule has 382 valence electrons. The summed E-state index contributed by atoms with van der Waals surface area (Å²) in [6.07, 6.45) is -1.63. The zero-order valence-corrected chi connectivity index (χ0v) is 42.3. The number of aliphatic hydroxyl groups is 2. The first-order valence-electron chi connectivity index (χ1n) is 22.2.